The second-order valence-corrected chi connectivity index (χ2v) is 7.96. The zero-order valence-electron chi connectivity index (χ0n) is 16.8. The molecule has 1 fully saturated rings. The van der Waals surface area contributed by atoms with Crippen LogP contribution in [0.1, 0.15) is 63.5 Å². The number of aromatic nitrogens is 1. The van der Waals surface area contributed by atoms with Crippen molar-refractivity contribution in [3.63, 3.8) is 0 Å². The Labute approximate surface area is 170 Å². The van der Waals surface area contributed by atoms with Gasteiger partial charge in [-0.3, -0.25) is 14.6 Å². The first-order chi connectivity index (χ1) is 13.8. The van der Waals surface area contributed by atoms with Crippen molar-refractivity contribution >= 4 is 17.7 Å². The number of amides is 1. The van der Waals surface area contributed by atoms with Crippen LogP contribution in [0, 0.1) is 11.8 Å². The summed E-state index contributed by atoms with van der Waals surface area (Å²) in [5.41, 5.74) is 2.11. The van der Waals surface area contributed by atoms with Crippen LogP contribution in [0.3, 0.4) is 0 Å². The third-order valence-corrected chi connectivity index (χ3v) is 5.26. The molecular formula is C23H26N2O4. The van der Waals surface area contributed by atoms with Crippen LogP contribution in [-0.4, -0.2) is 45.7 Å². The molecule has 6 nitrogen and oxygen atoms in total. The molecular weight excluding hydrogens is 368 g/mol. The lowest BCUT2D eigenvalue weighted by molar-refractivity contribution is 0.0645. The zero-order chi connectivity index (χ0) is 21.0. The molecule has 1 N–H and O–H groups in total. The summed E-state index contributed by atoms with van der Waals surface area (Å²) < 4.78 is 0. The van der Waals surface area contributed by atoms with Gasteiger partial charge in [-0.2, -0.15) is 0 Å². The Morgan fingerprint density at radius 1 is 1.07 bits per heavy atom. The minimum atomic E-state index is -1.09. The number of benzene rings is 1. The maximum atomic E-state index is 12.8. The lowest BCUT2D eigenvalue weighted by Gasteiger charge is -2.31. The first-order valence-corrected chi connectivity index (χ1v) is 9.97. The van der Waals surface area contributed by atoms with Crippen LogP contribution < -0.4 is 0 Å². The lowest BCUT2D eigenvalue weighted by Crippen LogP contribution is -2.40. The molecule has 3 rings (SSSR count). The van der Waals surface area contributed by atoms with Gasteiger partial charge < -0.3 is 10.0 Å². The smallest absolute Gasteiger partial charge is 0.335 e. The van der Waals surface area contributed by atoms with Gasteiger partial charge in [-0.05, 0) is 42.9 Å². The van der Waals surface area contributed by atoms with Crippen LogP contribution in [-0.2, 0) is 6.42 Å². The highest BCUT2D eigenvalue weighted by molar-refractivity contribution is 5.98. The molecule has 1 aliphatic heterocycles. The molecule has 6 heteroatoms. The number of piperidine rings is 1. The van der Waals surface area contributed by atoms with Crippen LogP contribution in [0.4, 0.5) is 0 Å². The monoisotopic (exact) mass is 394 g/mol. The Kier molecular flexibility index (Phi) is 6.42. The Morgan fingerprint density at radius 3 is 2.31 bits per heavy atom. The zero-order valence-corrected chi connectivity index (χ0v) is 16.8. The molecule has 152 valence electrons. The number of Topliss-reactive ketones (excluding diaryl/α,β-unsaturated/α-hetero) is 1. The molecule has 29 heavy (non-hydrogen) atoms. The minimum Gasteiger partial charge on any atom is -0.478 e. The molecule has 0 atom stereocenters. The van der Waals surface area contributed by atoms with E-state index in [0.29, 0.717) is 31.8 Å². The average molecular weight is 394 g/mol. The number of rotatable bonds is 6. The van der Waals surface area contributed by atoms with Crippen LogP contribution in [0.25, 0.3) is 0 Å². The molecule has 1 aliphatic rings. The number of hydrogen-bond acceptors (Lipinski definition) is 4. The van der Waals surface area contributed by atoms with E-state index in [1.165, 1.54) is 23.9 Å². The van der Waals surface area contributed by atoms with E-state index in [1.807, 2.05) is 24.3 Å². The Hall–Kier alpha value is -3.02. The van der Waals surface area contributed by atoms with Crippen LogP contribution in [0.5, 0.6) is 0 Å². The molecule has 0 bridgehead atoms. The van der Waals surface area contributed by atoms with Gasteiger partial charge in [0.05, 0.1) is 5.56 Å². The lowest BCUT2D eigenvalue weighted by atomic mass is 9.88. The average Bonchev–Trinajstić information content (AvgIpc) is 2.73. The highest BCUT2D eigenvalue weighted by Crippen LogP contribution is 2.23. The maximum absolute atomic E-state index is 12.8. The normalized spacial score (nSPS) is 14.8. The summed E-state index contributed by atoms with van der Waals surface area (Å²) in [4.78, 5) is 42.2. The molecule has 2 aromatic rings. The van der Waals surface area contributed by atoms with Crippen LogP contribution in [0.2, 0.25) is 0 Å². The Morgan fingerprint density at radius 2 is 1.72 bits per heavy atom. The van der Waals surface area contributed by atoms with Gasteiger partial charge in [0, 0.05) is 30.8 Å². The summed E-state index contributed by atoms with van der Waals surface area (Å²) in [6, 6.07) is 10.5. The largest absolute Gasteiger partial charge is 0.478 e. The van der Waals surface area contributed by atoms with Gasteiger partial charge in [0.25, 0.3) is 5.91 Å². The quantitative estimate of drug-likeness (QED) is 0.755. The second kappa shape index (κ2) is 8.99. The number of nitrogens with zero attached hydrogens (tertiary/aromatic N) is 2. The van der Waals surface area contributed by atoms with E-state index in [4.69, 9.17) is 5.11 Å². The van der Waals surface area contributed by atoms with Gasteiger partial charge in [0.2, 0.25) is 0 Å². The summed E-state index contributed by atoms with van der Waals surface area (Å²) in [6.45, 7) is 5.25. The number of carboxylic acid groups (broad SMARTS) is 1. The SMILES string of the molecule is CC(C)Cc1ccc(C(=O)C2CCN(C(=O)c3cc(C(=O)O)ccn3)CC2)cc1. The molecule has 0 unspecified atom stereocenters. The number of carboxylic acids is 1. The predicted molar refractivity (Wildman–Crippen MR) is 109 cm³/mol. The standard InChI is InChI=1S/C23H26N2O4/c1-15(2)13-16-3-5-17(6-4-16)21(26)18-8-11-25(12-9-18)22(27)20-14-19(23(28)29)7-10-24-20/h3-7,10,14-15,18H,8-9,11-13H2,1-2H3,(H,28,29). The Bertz CT molecular complexity index is 897. The highest BCUT2D eigenvalue weighted by Gasteiger charge is 2.29. The van der Waals surface area contributed by atoms with Crippen LogP contribution >= 0.6 is 0 Å². The van der Waals surface area contributed by atoms with Crippen LogP contribution in [0.15, 0.2) is 42.6 Å². The van der Waals surface area contributed by atoms with Gasteiger partial charge in [-0.25, -0.2) is 4.79 Å². The molecule has 2 heterocycles. The molecule has 1 amide bonds. The van der Waals surface area contributed by atoms with Crippen molar-refractivity contribution in [3.05, 3.63) is 65.0 Å². The van der Waals surface area contributed by atoms with Gasteiger partial charge in [0.15, 0.2) is 5.78 Å². The summed E-state index contributed by atoms with van der Waals surface area (Å²) in [5, 5.41) is 9.08. The number of pyridine rings is 1. The van der Waals surface area contributed by atoms with Gasteiger partial charge in [-0.15, -0.1) is 0 Å². The van der Waals surface area contributed by atoms with Crippen molar-refractivity contribution in [2.75, 3.05) is 13.1 Å². The van der Waals surface area contributed by atoms with E-state index in [-0.39, 0.29) is 28.9 Å². The molecule has 0 aliphatic carbocycles. The van der Waals surface area contributed by atoms with Crippen molar-refractivity contribution in [3.8, 4) is 0 Å². The topological polar surface area (TPSA) is 87.6 Å². The number of ketones is 1. The van der Waals surface area contributed by atoms with Gasteiger partial charge >= 0.3 is 5.97 Å². The van der Waals surface area contributed by atoms with Crippen molar-refractivity contribution < 1.29 is 19.5 Å². The highest BCUT2D eigenvalue weighted by atomic mass is 16.4. The minimum absolute atomic E-state index is 0.0364. The first kappa shape index (κ1) is 20.7. The number of likely N-dealkylation sites (tertiary alicyclic amines) is 1. The van der Waals surface area contributed by atoms with Crippen molar-refractivity contribution in [2.45, 2.75) is 33.1 Å². The summed E-state index contributed by atoms with van der Waals surface area (Å²) in [7, 11) is 0. The third-order valence-electron chi connectivity index (χ3n) is 5.26. The van der Waals surface area contributed by atoms with E-state index >= 15 is 0 Å². The van der Waals surface area contributed by atoms with Gasteiger partial charge in [0.1, 0.15) is 5.69 Å². The second-order valence-electron chi connectivity index (χ2n) is 7.96. The number of carbonyl (C=O) groups is 3. The molecule has 1 saturated heterocycles. The maximum Gasteiger partial charge on any atom is 0.335 e. The van der Waals surface area contributed by atoms with E-state index in [0.717, 1.165) is 12.0 Å². The molecule has 1 aromatic carbocycles. The number of hydrogen-bond donors (Lipinski definition) is 1. The van der Waals surface area contributed by atoms with Crippen molar-refractivity contribution in [1.82, 2.24) is 9.88 Å². The molecule has 0 saturated carbocycles. The van der Waals surface area contributed by atoms with E-state index < -0.39 is 5.97 Å². The van der Waals surface area contributed by atoms with E-state index in [1.54, 1.807) is 4.90 Å². The number of carbonyl (C=O) groups excluding carboxylic acids is 2. The first-order valence-electron chi connectivity index (χ1n) is 9.97. The summed E-state index contributed by atoms with van der Waals surface area (Å²) in [5.74, 6) is -0.793. The molecule has 0 radical (unpaired) electrons. The van der Waals surface area contributed by atoms with E-state index in [2.05, 4.69) is 18.8 Å². The fourth-order valence-electron chi connectivity index (χ4n) is 3.70. The van der Waals surface area contributed by atoms with Crippen molar-refractivity contribution in [1.29, 1.82) is 0 Å². The third kappa shape index (κ3) is 5.08. The molecule has 0 spiro atoms. The molecule has 1 aromatic heterocycles. The predicted octanol–water partition coefficient (Wildman–Crippen LogP) is 3.71. The summed E-state index contributed by atoms with van der Waals surface area (Å²) in [6.07, 6.45) is 3.51. The summed E-state index contributed by atoms with van der Waals surface area (Å²) >= 11 is 0. The fourth-order valence-corrected chi connectivity index (χ4v) is 3.70. The van der Waals surface area contributed by atoms with Crippen molar-refractivity contribution in [2.24, 2.45) is 11.8 Å². The fraction of sp³-hybridized carbons (Fsp3) is 0.391. The van der Waals surface area contributed by atoms with E-state index in [9.17, 15) is 14.4 Å². The number of aromatic carboxylic acids is 1. The Balaban J connectivity index is 1.59. The van der Waals surface area contributed by atoms with Gasteiger partial charge in [-0.1, -0.05) is 38.1 Å².